The van der Waals surface area contributed by atoms with E-state index < -0.39 is 0 Å². The van der Waals surface area contributed by atoms with Gasteiger partial charge in [0.25, 0.3) is 5.56 Å². The smallest absolute Gasteiger partial charge is 0.263 e. The Kier molecular flexibility index (Phi) is 4.12. The molecule has 0 amide bonds. The summed E-state index contributed by atoms with van der Waals surface area (Å²) >= 11 is 0. The fourth-order valence-electron chi connectivity index (χ4n) is 4.01. The molecule has 2 aromatic carbocycles. The third kappa shape index (κ3) is 2.66. The van der Waals surface area contributed by atoms with E-state index in [1.54, 1.807) is 4.57 Å². The van der Waals surface area contributed by atoms with Crippen LogP contribution in [0, 0.1) is 6.92 Å². The van der Waals surface area contributed by atoms with Crippen LogP contribution in [0.25, 0.3) is 16.9 Å². The van der Waals surface area contributed by atoms with Gasteiger partial charge in [0.05, 0.1) is 16.9 Å². The van der Waals surface area contributed by atoms with Gasteiger partial charge >= 0.3 is 0 Å². The highest BCUT2D eigenvalue weighted by Crippen LogP contribution is 2.42. The number of fused-ring (bicyclic) bond motifs is 3. The number of hydrogen-bond acceptors (Lipinski definition) is 4. The van der Waals surface area contributed by atoms with E-state index in [1.165, 1.54) is 5.56 Å². The molecular formula is C22H24N4O. The van der Waals surface area contributed by atoms with E-state index in [1.807, 2.05) is 49.4 Å². The SMILES string of the molecule is CCC1(C)Cc2ccccc2-c2nc(NN)n(-c3ccc(C)cc3)c(=O)c21. The van der Waals surface area contributed by atoms with Gasteiger partial charge in [0, 0.05) is 11.0 Å². The number of benzene rings is 2. The monoisotopic (exact) mass is 360 g/mol. The number of aromatic nitrogens is 2. The Bertz CT molecular complexity index is 1070. The molecule has 0 saturated heterocycles. The number of anilines is 1. The van der Waals surface area contributed by atoms with Crippen molar-refractivity contribution >= 4 is 5.95 Å². The Hall–Kier alpha value is -2.92. The number of nitrogens with one attached hydrogen (secondary N) is 1. The molecule has 1 unspecified atom stereocenters. The highest BCUT2D eigenvalue weighted by atomic mass is 16.1. The lowest BCUT2D eigenvalue weighted by Crippen LogP contribution is -2.40. The van der Waals surface area contributed by atoms with Gasteiger partial charge in [-0.2, -0.15) is 0 Å². The van der Waals surface area contributed by atoms with Crippen LogP contribution < -0.4 is 16.8 Å². The molecule has 4 rings (SSSR count). The quantitative estimate of drug-likeness (QED) is 0.551. The molecule has 0 fully saturated rings. The third-order valence-corrected chi connectivity index (χ3v) is 5.74. The van der Waals surface area contributed by atoms with Crippen molar-refractivity contribution in [2.24, 2.45) is 5.84 Å². The summed E-state index contributed by atoms with van der Waals surface area (Å²) in [5, 5.41) is 0. The van der Waals surface area contributed by atoms with E-state index in [0.717, 1.165) is 40.9 Å². The first kappa shape index (κ1) is 17.5. The lowest BCUT2D eigenvalue weighted by molar-refractivity contribution is 0.439. The Morgan fingerprint density at radius 1 is 1.19 bits per heavy atom. The van der Waals surface area contributed by atoms with Gasteiger partial charge in [-0.15, -0.1) is 0 Å². The molecule has 5 heteroatoms. The van der Waals surface area contributed by atoms with Crippen LogP contribution in [0.2, 0.25) is 0 Å². The minimum absolute atomic E-state index is 0.0596. The minimum Gasteiger partial charge on any atom is -0.293 e. The molecule has 3 aromatic rings. The zero-order valence-corrected chi connectivity index (χ0v) is 15.9. The fraction of sp³-hybridized carbons (Fsp3) is 0.273. The molecule has 0 bridgehead atoms. The number of nitrogens with zero attached hydrogens (tertiary/aromatic N) is 2. The number of aryl methyl sites for hydroxylation is 1. The number of hydrogen-bond donors (Lipinski definition) is 2. The van der Waals surface area contributed by atoms with Gasteiger partial charge in [0.1, 0.15) is 0 Å². The lowest BCUT2D eigenvalue weighted by Gasteiger charge is -2.35. The second-order valence-electron chi connectivity index (χ2n) is 7.53. The Morgan fingerprint density at radius 3 is 2.56 bits per heavy atom. The second-order valence-corrected chi connectivity index (χ2v) is 7.53. The molecule has 0 spiro atoms. The summed E-state index contributed by atoms with van der Waals surface area (Å²) in [7, 11) is 0. The van der Waals surface area contributed by atoms with Crippen molar-refractivity contribution in [2.75, 3.05) is 5.43 Å². The summed E-state index contributed by atoms with van der Waals surface area (Å²) in [5.41, 5.74) is 7.93. The maximum Gasteiger partial charge on any atom is 0.263 e. The van der Waals surface area contributed by atoms with Gasteiger partial charge in [-0.3, -0.25) is 10.2 Å². The fourth-order valence-corrected chi connectivity index (χ4v) is 4.01. The normalized spacial score (nSPS) is 17.9. The minimum atomic E-state index is -0.270. The highest BCUT2D eigenvalue weighted by molar-refractivity contribution is 5.72. The molecule has 1 aliphatic carbocycles. The molecule has 1 atom stereocenters. The van der Waals surface area contributed by atoms with Crippen molar-refractivity contribution in [3.8, 4) is 16.9 Å². The van der Waals surface area contributed by atoms with Crippen LogP contribution >= 0.6 is 0 Å². The van der Waals surface area contributed by atoms with Crippen molar-refractivity contribution < 1.29 is 0 Å². The maximum absolute atomic E-state index is 13.7. The number of hydrazine groups is 1. The largest absolute Gasteiger partial charge is 0.293 e. The summed E-state index contributed by atoms with van der Waals surface area (Å²) < 4.78 is 1.58. The molecule has 0 aliphatic heterocycles. The van der Waals surface area contributed by atoms with Gasteiger partial charge in [0.2, 0.25) is 5.95 Å². The summed E-state index contributed by atoms with van der Waals surface area (Å²) in [6, 6.07) is 16.0. The Balaban J connectivity index is 2.08. The highest BCUT2D eigenvalue weighted by Gasteiger charge is 2.38. The topological polar surface area (TPSA) is 72.9 Å². The molecule has 1 aliphatic rings. The van der Waals surface area contributed by atoms with Crippen LogP contribution in [0.4, 0.5) is 5.95 Å². The average Bonchev–Trinajstić information content (AvgIpc) is 2.68. The third-order valence-electron chi connectivity index (χ3n) is 5.74. The van der Waals surface area contributed by atoms with E-state index in [9.17, 15) is 4.79 Å². The van der Waals surface area contributed by atoms with E-state index in [2.05, 4.69) is 25.3 Å². The van der Waals surface area contributed by atoms with Gasteiger partial charge in [-0.25, -0.2) is 15.4 Å². The molecule has 0 radical (unpaired) electrons. The average molecular weight is 360 g/mol. The molecule has 0 saturated carbocycles. The van der Waals surface area contributed by atoms with E-state index in [0.29, 0.717) is 5.95 Å². The van der Waals surface area contributed by atoms with Crippen LogP contribution in [-0.4, -0.2) is 9.55 Å². The predicted molar refractivity (Wildman–Crippen MR) is 109 cm³/mol. The second kappa shape index (κ2) is 6.35. The van der Waals surface area contributed by atoms with Crippen molar-refractivity contribution in [1.29, 1.82) is 0 Å². The van der Waals surface area contributed by atoms with Gasteiger partial charge < -0.3 is 0 Å². The Labute approximate surface area is 158 Å². The summed E-state index contributed by atoms with van der Waals surface area (Å²) in [4.78, 5) is 18.5. The van der Waals surface area contributed by atoms with Crippen molar-refractivity contribution in [3.63, 3.8) is 0 Å². The molecule has 27 heavy (non-hydrogen) atoms. The molecule has 1 heterocycles. The van der Waals surface area contributed by atoms with Gasteiger partial charge in [-0.05, 0) is 37.5 Å². The molecule has 1 aromatic heterocycles. The Morgan fingerprint density at radius 2 is 1.89 bits per heavy atom. The molecule has 5 nitrogen and oxygen atoms in total. The lowest BCUT2D eigenvalue weighted by atomic mass is 9.69. The summed E-state index contributed by atoms with van der Waals surface area (Å²) in [6.07, 6.45) is 1.68. The summed E-state index contributed by atoms with van der Waals surface area (Å²) in [6.45, 7) is 6.30. The van der Waals surface area contributed by atoms with Crippen LogP contribution in [0.5, 0.6) is 0 Å². The first-order valence-electron chi connectivity index (χ1n) is 9.28. The predicted octanol–water partition coefficient (Wildman–Crippen LogP) is 3.72. The van der Waals surface area contributed by atoms with Crippen LogP contribution in [0.3, 0.4) is 0 Å². The van der Waals surface area contributed by atoms with Crippen LogP contribution in [-0.2, 0) is 11.8 Å². The molecular weight excluding hydrogens is 336 g/mol. The van der Waals surface area contributed by atoms with Crippen molar-refractivity contribution in [3.05, 3.63) is 75.6 Å². The van der Waals surface area contributed by atoms with E-state index in [4.69, 9.17) is 10.8 Å². The van der Waals surface area contributed by atoms with Crippen LogP contribution in [0.1, 0.15) is 37.0 Å². The van der Waals surface area contributed by atoms with Crippen LogP contribution in [0.15, 0.2) is 53.3 Å². The molecule has 3 N–H and O–H groups in total. The van der Waals surface area contributed by atoms with E-state index in [-0.39, 0.29) is 11.0 Å². The van der Waals surface area contributed by atoms with E-state index >= 15 is 0 Å². The number of nitrogen functional groups attached to an aromatic ring is 1. The standard InChI is InChI=1S/C22H24N4O/c1-4-22(3)13-15-7-5-6-8-17(15)19-18(22)20(27)26(21(24-19)25-23)16-11-9-14(2)10-12-16/h5-12H,4,13,23H2,1-3H3,(H,24,25). The molecule has 138 valence electrons. The van der Waals surface area contributed by atoms with Gasteiger partial charge in [-0.1, -0.05) is 55.8 Å². The van der Waals surface area contributed by atoms with Crippen molar-refractivity contribution in [2.45, 2.75) is 39.0 Å². The van der Waals surface area contributed by atoms with Gasteiger partial charge in [0.15, 0.2) is 0 Å². The zero-order valence-electron chi connectivity index (χ0n) is 15.9. The number of rotatable bonds is 3. The summed E-state index contributed by atoms with van der Waals surface area (Å²) in [5.74, 6) is 6.11. The first-order valence-corrected chi connectivity index (χ1v) is 9.28. The first-order chi connectivity index (χ1) is 13.0. The zero-order chi connectivity index (χ0) is 19.2. The van der Waals surface area contributed by atoms with Crippen molar-refractivity contribution in [1.82, 2.24) is 9.55 Å². The maximum atomic E-state index is 13.7. The number of nitrogens with two attached hydrogens (primary N) is 1.